The third kappa shape index (κ3) is 3.59. The summed E-state index contributed by atoms with van der Waals surface area (Å²) in [6.45, 7) is 0.175. The van der Waals surface area contributed by atoms with Crippen LogP contribution in [0, 0.1) is 0 Å². The molecule has 1 aliphatic carbocycles. The number of nitrogens with two attached hydrogens (primary N) is 1. The van der Waals surface area contributed by atoms with Crippen LogP contribution in [0.2, 0.25) is 5.02 Å². The van der Waals surface area contributed by atoms with E-state index in [-0.39, 0.29) is 12.5 Å². The summed E-state index contributed by atoms with van der Waals surface area (Å²) < 4.78 is 27.6. The van der Waals surface area contributed by atoms with Gasteiger partial charge in [0.1, 0.15) is 5.75 Å². The molecule has 0 spiro atoms. The Hall–Kier alpha value is -1.47. The number of hydrogen-bond donors (Lipinski definition) is 2. The molecule has 0 aliphatic heterocycles. The van der Waals surface area contributed by atoms with Crippen LogP contribution in [0.5, 0.6) is 5.75 Å². The molecular weight excluding hydrogens is 314 g/mol. The second-order valence-corrected chi connectivity index (χ2v) is 7.95. The Bertz CT molecular complexity index is 669. The van der Waals surface area contributed by atoms with Crippen LogP contribution >= 0.6 is 11.6 Å². The van der Waals surface area contributed by atoms with Crippen LogP contribution in [0.1, 0.15) is 12.8 Å². The zero-order valence-corrected chi connectivity index (χ0v) is 13.5. The van der Waals surface area contributed by atoms with Gasteiger partial charge >= 0.3 is 0 Å². The van der Waals surface area contributed by atoms with E-state index in [0.29, 0.717) is 29.3 Å². The highest BCUT2D eigenvalue weighted by Crippen LogP contribution is 2.43. The molecule has 1 saturated carbocycles. The lowest BCUT2D eigenvalue weighted by molar-refractivity contribution is 0.415. The first-order valence-electron chi connectivity index (χ1n) is 6.37. The molecule has 0 heterocycles. The van der Waals surface area contributed by atoms with E-state index in [1.165, 1.54) is 13.4 Å². The van der Waals surface area contributed by atoms with Crippen molar-refractivity contribution in [3.05, 3.63) is 23.2 Å². The molecule has 8 heteroatoms. The molecule has 2 rings (SSSR count). The average molecular weight is 332 g/mol. The van der Waals surface area contributed by atoms with E-state index < -0.39 is 14.6 Å². The molecule has 0 bridgehead atoms. The Kier molecular flexibility index (Phi) is 4.34. The molecule has 0 amide bonds. The number of benzene rings is 1. The highest BCUT2D eigenvalue weighted by Gasteiger charge is 2.51. The summed E-state index contributed by atoms with van der Waals surface area (Å²) in [5, 5.41) is 3.33. The van der Waals surface area contributed by atoms with Crippen molar-refractivity contribution in [2.24, 2.45) is 10.7 Å². The molecule has 0 radical (unpaired) electrons. The third-order valence-electron chi connectivity index (χ3n) is 3.56. The highest BCUT2D eigenvalue weighted by molar-refractivity contribution is 7.92. The fourth-order valence-electron chi connectivity index (χ4n) is 1.95. The average Bonchev–Trinajstić information content (AvgIpc) is 3.17. The molecule has 21 heavy (non-hydrogen) atoms. The van der Waals surface area contributed by atoms with Gasteiger partial charge in [-0.3, -0.25) is 4.99 Å². The fourth-order valence-corrected chi connectivity index (χ4v) is 3.35. The molecule has 0 aromatic heterocycles. The van der Waals surface area contributed by atoms with Crippen LogP contribution in [-0.4, -0.2) is 39.0 Å². The number of aliphatic imine (C=N–C) groups is 1. The number of ether oxygens (including phenoxy) is 1. The number of methoxy groups -OCH3 is 1. The minimum Gasteiger partial charge on any atom is -0.495 e. The van der Waals surface area contributed by atoms with Gasteiger partial charge in [0.2, 0.25) is 0 Å². The number of rotatable bonds is 5. The van der Waals surface area contributed by atoms with Crippen molar-refractivity contribution >= 4 is 33.1 Å². The quantitative estimate of drug-likeness (QED) is 0.632. The van der Waals surface area contributed by atoms with Gasteiger partial charge in [-0.15, -0.1) is 0 Å². The SMILES string of the molecule is COc1ccc(NC(N)=NCC2(S(C)(=O)=O)CC2)cc1Cl. The van der Waals surface area contributed by atoms with Gasteiger partial charge < -0.3 is 15.8 Å². The number of sulfone groups is 1. The Morgan fingerprint density at radius 1 is 1.52 bits per heavy atom. The number of hydrogen-bond acceptors (Lipinski definition) is 4. The van der Waals surface area contributed by atoms with Crippen molar-refractivity contribution in [3.63, 3.8) is 0 Å². The Balaban J connectivity index is 2.03. The molecule has 1 fully saturated rings. The van der Waals surface area contributed by atoms with Crippen LogP contribution in [0.15, 0.2) is 23.2 Å². The van der Waals surface area contributed by atoms with Crippen molar-refractivity contribution in [3.8, 4) is 5.75 Å². The van der Waals surface area contributed by atoms with E-state index in [4.69, 9.17) is 22.1 Å². The first kappa shape index (κ1) is 15.9. The molecule has 1 aromatic rings. The second kappa shape index (κ2) is 5.73. The Morgan fingerprint density at radius 3 is 2.67 bits per heavy atom. The van der Waals surface area contributed by atoms with Crippen LogP contribution in [0.4, 0.5) is 5.69 Å². The highest BCUT2D eigenvalue weighted by atomic mass is 35.5. The Labute approximate surface area is 129 Å². The van der Waals surface area contributed by atoms with Crippen molar-refractivity contribution < 1.29 is 13.2 Å². The zero-order chi connectivity index (χ0) is 15.7. The number of halogens is 1. The van der Waals surface area contributed by atoms with Gasteiger partial charge in [-0.1, -0.05) is 11.6 Å². The molecule has 0 unspecified atom stereocenters. The molecule has 1 aromatic carbocycles. The second-order valence-electron chi connectivity index (χ2n) is 5.13. The zero-order valence-electron chi connectivity index (χ0n) is 11.9. The first-order valence-corrected chi connectivity index (χ1v) is 8.64. The number of anilines is 1. The minimum atomic E-state index is -3.10. The van der Waals surface area contributed by atoms with Crippen molar-refractivity contribution in [1.82, 2.24) is 0 Å². The predicted molar refractivity (Wildman–Crippen MR) is 84.9 cm³/mol. The lowest BCUT2D eigenvalue weighted by Crippen LogP contribution is -2.29. The maximum absolute atomic E-state index is 11.6. The van der Waals surface area contributed by atoms with Gasteiger partial charge in [-0.05, 0) is 31.0 Å². The summed E-state index contributed by atoms with van der Waals surface area (Å²) in [5.41, 5.74) is 6.43. The van der Waals surface area contributed by atoms with E-state index in [2.05, 4.69) is 10.3 Å². The molecule has 3 N–H and O–H groups in total. The van der Waals surface area contributed by atoms with Gasteiger partial charge in [-0.2, -0.15) is 0 Å². The van der Waals surface area contributed by atoms with E-state index >= 15 is 0 Å². The predicted octanol–water partition coefficient (Wildman–Crippen LogP) is 1.65. The van der Waals surface area contributed by atoms with Crippen LogP contribution in [-0.2, 0) is 9.84 Å². The van der Waals surface area contributed by atoms with E-state index in [0.717, 1.165) is 0 Å². The standard InChI is InChI=1S/C13H18ClN3O3S/c1-20-11-4-3-9(7-10(11)14)17-12(15)16-8-13(5-6-13)21(2,18)19/h3-4,7H,5-6,8H2,1-2H3,(H3,15,16,17). The smallest absolute Gasteiger partial charge is 0.193 e. The fraction of sp³-hybridized carbons (Fsp3) is 0.462. The van der Waals surface area contributed by atoms with Crippen molar-refractivity contribution in [2.45, 2.75) is 17.6 Å². The monoisotopic (exact) mass is 331 g/mol. The number of nitrogens with zero attached hydrogens (tertiary/aromatic N) is 1. The summed E-state index contributed by atoms with van der Waals surface area (Å²) in [4.78, 5) is 4.12. The molecule has 1 aliphatic rings. The van der Waals surface area contributed by atoms with Gasteiger partial charge in [0, 0.05) is 11.9 Å². The molecular formula is C13H18ClN3O3S. The van der Waals surface area contributed by atoms with E-state index in [1.54, 1.807) is 18.2 Å². The van der Waals surface area contributed by atoms with Gasteiger partial charge in [0.15, 0.2) is 15.8 Å². The van der Waals surface area contributed by atoms with Crippen molar-refractivity contribution in [2.75, 3.05) is 25.2 Å². The largest absolute Gasteiger partial charge is 0.495 e. The van der Waals surface area contributed by atoms with Crippen molar-refractivity contribution in [1.29, 1.82) is 0 Å². The van der Waals surface area contributed by atoms with Crippen LogP contribution < -0.4 is 15.8 Å². The van der Waals surface area contributed by atoms with Gasteiger partial charge in [0.25, 0.3) is 0 Å². The lowest BCUT2D eigenvalue weighted by Gasteiger charge is -2.11. The molecule has 6 nitrogen and oxygen atoms in total. The lowest BCUT2D eigenvalue weighted by atomic mass is 10.3. The summed E-state index contributed by atoms with van der Waals surface area (Å²) in [5.74, 6) is 0.720. The molecule has 0 atom stereocenters. The van der Waals surface area contributed by atoms with E-state index in [9.17, 15) is 8.42 Å². The number of guanidine groups is 1. The molecule has 116 valence electrons. The van der Waals surface area contributed by atoms with Crippen LogP contribution in [0.3, 0.4) is 0 Å². The minimum absolute atomic E-state index is 0.158. The third-order valence-corrected chi connectivity index (χ3v) is 5.96. The Morgan fingerprint density at radius 2 is 2.19 bits per heavy atom. The maximum atomic E-state index is 11.6. The summed E-state index contributed by atoms with van der Waals surface area (Å²) in [6.07, 6.45) is 2.51. The summed E-state index contributed by atoms with van der Waals surface area (Å²) in [7, 11) is -1.57. The number of nitrogens with one attached hydrogen (secondary N) is 1. The summed E-state index contributed by atoms with van der Waals surface area (Å²) in [6, 6.07) is 5.11. The molecule has 0 saturated heterocycles. The van der Waals surface area contributed by atoms with Gasteiger partial charge in [-0.25, -0.2) is 8.42 Å². The maximum Gasteiger partial charge on any atom is 0.193 e. The summed E-state index contributed by atoms with van der Waals surface area (Å²) >= 11 is 6.01. The van der Waals surface area contributed by atoms with E-state index in [1.807, 2.05) is 0 Å². The topological polar surface area (TPSA) is 93.8 Å². The normalized spacial score (nSPS) is 17.4. The first-order chi connectivity index (χ1) is 9.77. The van der Waals surface area contributed by atoms with Crippen LogP contribution in [0.25, 0.3) is 0 Å². The van der Waals surface area contributed by atoms with Gasteiger partial charge in [0.05, 0.1) is 23.4 Å².